The lowest BCUT2D eigenvalue weighted by molar-refractivity contribution is -0.153. The molecule has 4 rings (SSSR count). The highest BCUT2D eigenvalue weighted by molar-refractivity contribution is 5.96. The van der Waals surface area contributed by atoms with Gasteiger partial charge in [-0.25, -0.2) is 0 Å². The van der Waals surface area contributed by atoms with Crippen LogP contribution in [0.2, 0.25) is 0 Å². The van der Waals surface area contributed by atoms with Gasteiger partial charge in [-0.15, -0.1) is 0 Å². The van der Waals surface area contributed by atoms with Gasteiger partial charge in [0.15, 0.2) is 11.5 Å². The molecule has 4 aromatic rings. The second-order valence-electron chi connectivity index (χ2n) is 6.94. The number of carbonyl (C=O) groups excluding carboxylic acids is 2. The molecule has 1 heterocycles. The van der Waals surface area contributed by atoms with Crippen molar-refractivity contribution < 1.29 is 14.3 Å². The first-order valence-electron chi connectivity index (χ1n) is 9.60. The van der Waals surface area contributed by atoms with Gasteiger partial charge in [-0.3, -0.25) is 14.4 Å². The second kappa shape index (κ2) is 8.21. The smallest absolute Gasteiger partial charge is 0.326 e. The SMILES string of the molecule is CC(OC(=O)Cn1c2ccccc2c(=O)c2ccccc21)C(=O)Nc1ccccc1. The Morgan fingerprint density at radius 1 is 0.867 bits per heavy atom. The van der Waals surface area contributed by atoms with E-state index >= 15 is 0 Å². The number of para-hydroxylation sites is 3. The number of rotatable bonds is 5. The van der Waals surface area contributed by atoms with Crippen LogP contribution in [0.3, 0.4) is 0 Å². The van der Waals surface area contributed by atoms with Gasteiger partial charge < -0.3 is 14.6 Å². The van der Waals surface area contributed by atoms with Gasteiger partial charge in [-0.05, 0) is 43.3 Å². The summed E-state index contributed by atoms with van der Waals surface area (Å²) in [6.07, 6.45) is -0.963. The Morgan fingerprint density at radius 3 is 2.00 bits per heavy atom. The Hall–Kier alpha value is -3.93. The molecule has 0 radical (unpaired) electrons. The van der Waals surface area contributed by atoms with E-state index in [1.54, 1.807) is 65.2 Å². The summed E-state index contributed by atoms with van der Waals surface area (Å²) in [5, 5.41) is 3.77. The lowest BCUT2D eigenvalue weighted by Crippen LogP contribution is -2.31. The van der Waals surface area contributed by atoms with Crippen LogP contribution in [0.1, 0.15) is 6.92 Å². The quantitative estimate of drug-likeness (QED) is 0.409. The molecule has 0 saturated heterocycles. The number of amides is 1. The fraction of sp³-hybridized carbons (Fsp3) is 0.125. The van der Waals surface area contributed by atoms with Gasteiger partial charge in [0.1, 0.15) is 6.54 Å². The number of esters is 1. The first-order chi connectivity index (χ1) is 14.5. The van der Waals surface area contributed by atoms with E-state index in [9.17, 15) is 14.4 Å². The van der Waals surface area contributed by atoms with Gasteiger partial charge in [-0.2, -0.15) is 0 Å². The zero-order chi connectivity index (χ0) is 21.1. The second-order valence-corrected chi connectivity index (χ2v) is 6.94. The van der Waals surface area contributed by atoms with Crippen molar-refractivity contribution in [1.29, 1.82) is 0 Å². The zero-order valence-corrected chi connectivity index (χ0v) is 16.4. The normalized spacial score (nSPS) is 11.9. The summed E-state index contributed by atoms with van der Waals surface area (Å²) in [6, 6.07) is 23.2. The van der Waals surface area contributed by atoms with Gasteiger partial charge in [0.05, 0.1) is 11.0 Å². The number of nitrogens with one attached hydrogen (secondary N) is 1. The molecule has 1 aromatic heterocycles. The summed E-state index contributed by atoms with van der Waals surface area (Å²) in [5.74, 6) is -0.978. The van der Waals surface area contributed by atoms with Crippen LogP contribution < -0.4 is 10.7 Å². The summed E-state index contributed by atoms with van der Waals surface area (Å²) in [4.78, 5) is 37.8. The fourth-order valence-corrected chi connectivity index (χ4v) is 3.43. The van der Waals surface area contributed by atoms with Crippen LogP contribution in [-0.2, 0) is 20.9 Å². The van der Waals surface area contributed by atoms with E-state index < -0.39 is 18.0 Å². The minimum absolute atomic E-state index is 0.0820. The number of hydrogen-bond acceptors (Lipinski definition) is 4. The van der Waals surface area contributed by atoms with Crippen molar-refractivity contribution in [2.75, 3.05) is 5.32 Å². The lowest BCUT2D eigenvalue weighted by Gasteiger charge is -2.17. The van der Waals surface area contributed by atoms with E-state index in [1.807, 2.05) is 18.2 Å². The average molecular weight is 400 g/mol. The van der Waals surface area contributed by atoms with Gasteiger partial charge in [0.2, 0.25) is 0 Å². The van der Waals surface area contributed by atoms with Gasteiger partial charge in [0.25, 0.3) is 5.91 Å². The first-order valence-corrected chi connectivity index (χ1v) is 9.60. The van der Waals surface area contributed by atoms with E-state index in [4.69, 9.17) is 4.74 Å². The van der Waals surface area contributed by atoms with Gasteiger partial charge in [0, 0.05) is 16.5 Å². The Kier molecular flexibility index (Phi) is 5.30. The molecule has 0 spiro atoms. The standard InChI is InChI=1S/C24H20N2O4/c1-16(24(29)25-17-9-3-2-4-10-17)30-22(27)15-26-20-13-7-5-11-18(20)23(28)19-12-6-8-14-21(19)26/h2-14,16H,15H2,1H3,(H,25,29). The predicted octanol–water partition coefficient (Wildman–Crippen LogP) is 3.73. The molecule has 0 bridgehead atoms. The third-order valence-corrected chi connectivity index (χ3v) is 4.88. The number of benzene rings is 3. The van der Waals surface area contributed by atoms with Crippen LogP contribution in [0.25, 0.3) is 21.8 Å². The van der Waals surface area contributed by atoms with Crippen LogP contribution >= 0.6 is 0 Å². The molecule has 1 amide bonds. The van der Waals surface area contributed by atoms with Crippen LogP contribution in [0.4, 0.5) is 5.69 Å². The van der Waals surface area contributed by atoms with E-state index in [2.05, 4.69) is 5.32 Å². The number of ether oxygens (including phenoxy) is 1. The van der Waals surface area contributed by atoms with E-state index in [-0.39, 0.29) is 12.0 Å². The number of fused-ring (bicyclic) bond motifs is 2. The molecular formula is C24H20N2O4. The molecule has 0 aliphatic carbocycles. The molecule has 150 valence electrons. The molecule has 0 aliphatic rings. The number of carbonyl (C=O) groups is 2. The number of nitrogens with zero attached hydrogens (tertiary/aromatic N) is 1. The minimum atomic E-state index is -0.963. The van der Waals surface area contributed by atoms with Crippen LogP contribution in [0.15, 0.2) is 83.7 Å². The molecular weight excluding hydrogens is 380 g/mol. The summed E-state index contributed by atoms with van der Waals surface area (Å²) in [7, 11) is 0. The highest BCUT2D eigenvalue weighted by Gasteiger charge is 2.19. The molecule has 30 heavy (non-hydrogen) atoms. The molecule has 6 nitrogen and oxygen atoms in total. The summed E-state index contributed by atoms with van der Waals surface area (Å²) in [5.41, 5.74) is 1.82. The minimum Gasteiger partial charge on any atom is -0.451 e. The molecule has 3 aromatic carbocycles. The fourth-order valence-electron chi connectivity index (χ4n) is 3.43. The Morgan fingerprint density at radius 2 is 1.40 bits per heavy atom. The van der Waals surface area contributed by atoms with Crippen molar-refractivity contribution >= 4 is 39.4 Å². The Balaban J connectivity index is 1.59. The van der Waals surface area contributed by atoms with Crippen molar-refractivity contribution in [3.05, 3.63) is 89.1 Å². The number of pyridine rings is 1. The average Bonchev–Trinajstić information content (AvgIpc) is 2.77. The maximum Gasteiger partial charge on any atom is 0.326 e. The Bertz CT molecular complexity index is 1240. The number of anilines is 1. The molecule has 1 N–H and O–H groups in total. The number of hydrogen-bond donors (Lipinski definition) is 1. The largest absolute Gasteiger partial charge is 0.451 e. The first kappa shape index (κ1) is 19.4. The van der Waals surface area contributed by atoms with E-state index in [0.717, 1.165) is 0 Å². The summed E-state index contributed by atoms with van der Waals surface area (Å²) < 4.78 is 7.11. The molecule has 0 saturated carbocycles. The molecule has 1 unspecified atom stereocenters. The zero-order valence-electron chi connectivity index (χ0n) is 16.4. The molecule has 0 fully saturated rings. The highest BCUT2D eigenvalue weighted by Crippen LogP contribution is 2.19. The van der Waals surface area contributed by atoms with E-state index in [1.165, 1.54) is 6.92 Å². The number of aromatic nitrogens is 1. The highest BCUT2D eigenvalue weighted by atomic mass is 16.5. The van der Waals surface area contributed by atoms with Crippen LogP contribution in [0, 0.1) is 0 Å². The summed E-state index contributed by atoms with van der Waals surface area (Å²) in [6.45, 7) is 1.40. The van der Waals surface area contributed by atoms with Crippen molar-refractivity contribution in [1.82, 2.24) is 4.57 Å². The topological polar surface area (TPSA) is 77.4 Å². The van der Waals surface area contributed by atoms with Crippen LogP contribution in [0.5, 0.6) is 0 Å². The molecule has 1 atom stereocenters. The predicted molar refractivity (Wildman–Crippen MR) is 116 cm³/mol. The van der Waals surface area contributed by atoms with Crippen molar-refractivity contribution in [2.45, 2.75) is 19.6 Å². The van der Waals surface area contributed by atoms with Crippen molar-refractivity contribution in [3.8, 4) is 0 Å². The monoisotopic (exact) mass is 400 g/mol. The molecule has 6 heteroatoms. The van der Waals surface area contributed by atoms with Crippen molar-refractivity contribution in [3.63, 3.8) is 0 Å². The maximum absolute atomic E-state index is 12.8. The maximum atomic E-state index is 12.8. The third kappa shape index (κ3) is 3.80. The molecule has 0 aliphatic heterocycles. The van der Waals surface area contributed by atoms with Gasteiger partial charge in [-0.1, -0.05) is 42.5 Å². The van der Waals surface area contributed by atoms with Gasteiger partial charge >= 0.3 is 5.97 Å². The van der Waals surface area contributed by atoms with Crippen molar-refractivity contribution in [2.24, 2.45) is 0 Å². The summed E-state index contributed by atoms with van der Waals surface area (Å²) >= 11 is 0. The Labute approximate surface area is 172 Å². The lowest BCUT2D eigenvalue weighted by atomic mass is 10.1. The van der Waals surface area contributed by atoms with Crippen LogP contribution in [-0.4, -0.2) is 22.5 Å². The third-order valence-electron chi connectivity index (χ3n) is 4.88. The van der Waals surface area contributed by atoms with E-state index in [0.29, 0.717) is 27.5 Å².